The van der Waals surface area contributed by atoms with Crippen LogP contribution in [0.15, 0.2) is 16.6 Å². The maximum Gasteiger partial charge on any atom is 0.335 e. The molecule has 0 aliphatic carbocycles. The number of unbranched alkanes of at least 4 members (excludes halogenated alkanes) is 38. The van der Waals surface area contributed by atoms with Gasteiger partial charge in [-0.05, 0) is 52.9 Å². The van der Waals surface area contributed by atoms with E-state index in [0.717, 1.165) is 36.8 Å². The van der Waals surface area contributed by atoms with Crippen LogP contribution >= 0.6 is 23.5 Å². The van der Waals surface area contributed by atoms with Crippen molar-refractivity contribution in [3.8, 4) is 5.75 Å². The summed E-state index contributed by atoms with van der Waals surface area (Å²) in [6.07, 6.45) is 54.6. The molecule has 0 aliphatic heterocycles. The second-order valence-corrected chi connectivity index (χ2v) is 21.0. The topological polar surface area (TPSA) is 55.8 Å². The zero-order chi connectivity index (χ0) is 42.0. The minimum atomic E-state index is -3.29. The molecule has 1 aromatic rings. The Hall–Kier alpha value is -0.350. The molecule has 0 bridgehead atoms. The molecule has 0 atom stereocenters. The molecule has 0 spiro atoms. The van der Waals surface area contributed by atoms with E-state index in [9.17, 15) is 9.67 Å². The lowest BCUT2D eigenvalue weighted by Crippen LogP contribution is -2.03. The summed E-state index contributed by atoms with van der Waals surface area (Å²) in [5, 5.41) is 10.2. The lowest BCUT2D eigenvalue weighted by Gasteiger charge is -2.19. The van der Waals surface area contributed by atoms with Gasteiger partial charge in [-0.2, -0.15) is 0 Å². The van der Waals surface area contributed by atoms with Gasteiger partial charge in [-0.15, -0.1) is 0 Å². The third-order valence-corrected chi connectivity index (χ3v) is 14.8. The Balaban J connectivity index is 2.10. The van der Waals surface area contributed by atoms with Crippen LogP contribution in [0.3, 0.4) is 0 Å². The quantitative estimate of drug-likeness (QED) is 0.0523. The maximum absolute atomic E-state index is 14.0. The first-order valence-electron chi connectivity index (χ1n) is 25.8. The molecule has 0 aromatic heterocycles. The highest BCUT2D eigenvalue weighted by Crippen LogP contribution is 2.52. The van der Waals surface area contributed by atoms with Crippen molar-refractivity contribution in [1.82, 2.24) is 0 Å². The number of halogens is 1. The van der Waals surface area contributed by atoms with E-state index in [4.69, 9.17) is 9.05 Å². The van der Waals surface area contributed by atoms with E-state index in [-0.39, 0.29) is 11.9 Å². The molecule has 1 aromatic carbocycles. The number of phenols is 1. The molecular weight excluding hydrogens is 799 g/mol. The Kier molecular flexibility index (Phi) is 40.3. The molecule has 0 fully saturated rings. The predicted molar refractivity (Wildman–Crippen MR) is 260 cm³/mol. The number of aromatic hydroxyl groups is 1. The fourth-order valence-corrected chi connectivity index (χ4v) is 10.7. The van der Waals surface area contributed by atoms with E-state index in [1.165, 1.54) is 231 Å². The van der Waals surface area contributed by atoms with E-state index in [2.05, 4.69) is 29.8 Å². The summed E-state index contributed by atoms with van der Waals surface area (Å²) < 4.78 is 26.8. The molecule has 0 saturated heterocycles. The van der Waals surface area contributed by atoms with Gasteiger partial charge in [0.1, 0.15) is 5.75 Å². The van der Waals surface area contributed by atoms with Crippen LogP contribution in [-0.4, -0.2) is 18.3 Å². The number of benzene rings is 1. The largest absolute Gasteiger partial charge is 0.506 e. The molecule has 6 heteroatoms. The van der Waals surface area contributed by atoms with E-state index in [0.29, 0.717) is 17.7 Å². The molecule has 0 unspecified atom stereocenters. The summed E-state index contributed by atoms with van der Waals surface area (Å²) in [4.78, 5) is 0. The lowest BCUT2D eigenvalue weighted by molar-refractivity contribution is 0.196. The number of aryl methyl sites for hydroxylation is 1. The zero-order valence-corrected chi connectivity index (χ0v) is 41.5. The Morgan fingerprint density at radius 2 is 0.672 bits per heavy atom. The summed E-state index contributed by atoms with van der Waals surface area (Å²) in [7, 11) is -3.29. The third-order valence-electron chi connectivity index (χ3n) is 12.3. The van der Waals surface area contributed by atoms with Crippen LogP contribution in [0.25, 0.3) is 0 Å². The Labute approximate surface area is 371 Å². The number of hydrogen-bond donors (Lipinski definition) is 1. The van der Waals surface area contributed by atoms with Gasteiger partial charge in [0.25, 0.3) is 0 Å². The first kappa shape index (κ1) is 55.7. The smallest absolute Gasteiger partial charge is 0.335 e. The van der Waals surface area contributed by atoms with Gasteiger partial charge >= 0.3 is 7.60 Å². The summed E-state index contributed by atoms with van der Waals surface area (Å²) in [5.74, 6) is 0.231. The zero-order valence-electron chi connectivity index (χ0n) is 39.1. The van der Waals surface area contributed by atoms with Crippen molar-refractivity contribution in [2.75, 3.05) is 13.2 Å². The van der Waals surface area contributed by atoms with Crippen molar-refractivity contribution in [2.45, 2.75) is 284 Å². The third kappa shape index (κ3) is 35.3. The van der Waals surface area contributed by atoms with E-state index >= 15 is 0 Å². The highest BCUT2D eigenvalue weighted by atomic mass is 79.9. The first-order valence-corrected chi connectivity index (χ1v) is 28.3. The molecule has 1 N–H and O–H groups in total. The molecule has 4 nitrogen and oxygen atoms in total. The van der Waals surface area contributed by atoms with Gasteiger partial charge in [-0.1, -0.05) is 264 Å². The van der Waals surface area contributed by atoms with Crippen molar-refractivity contribution in [3.63, 3.8) is 0 Å². The van der Waals surface area contributed by atoms with E-state index < -0.39 is 7.60 Å². The lowest BCUT2D eigenvalue weighted by atomic mass is 10.0. The Bertz CT molecular complexity index is 991. The van der Waals surface area contributed by atoms with Crippen LogP contribution in [0, 0.1) is 6.92 Å². The van der Waals surface area contributed by atoms with Gasteiger partial charge < -0.3 is 14.2 Å². The monoisotopic (exact) mass is 897 g/mol. The van der Waals surface area contributed by atoms with E-state index in [1.54, 1.807) is 0 Å². The molecule has 0 amide bonds. The average Bonchev–Trinajstić information content (AvgIpc) is 3.21. The molecule has 0 saturated carbocycles. The predicted octanol–water partition coefficient (Wildman–Crippen LogP) is 19.8. The SMILES string of the molecule is CCCCCCCCCCCCCCCCCCCCCCOP(=O)(Cc1cc(C)c(O)c(Br)c1)OCCCCCCCCCCCCCCCCCCCCCC. The molecule has 0 heterocycles. The van der Waals surface area contributed by atoms with Crippen molar-refractivity contribution in [1.29, 1.82) is 0 Å². The van der Waals surface area contributed by atoms with Gasteiger partial charge in [-0.3, -0.25) is 4.57 Å². The summed E-state index contributed by atoms with van der Waals surface area (Å²) in [5.41, 5.74) is 1.64. The number of hydrogen-bond acceptors (Lipinski definition) is 4. The standard InChI is InChI=1S/C52H98BrO4P/c1-4-6-8-10-12-14-16-18-20-22-24-26-28-30-32-34-36-38-40-42-44-56-58(55,48-50-46-49(3)52(54)51(53)47-50)57-45-43-41-39-37-35-33-31-29-27-25-23-21-19-17-15-13-11-9-7-5-2/h46-47,54H,4-45,48H2,1-3H3. The molecule has 0 aliphatic rings. The van der Waals surface area contributed by atoms with Crippen LogP contribution in [0.1, 0.15) is 282 Å². The maximum atomic E-state index is 14.0. The molecule has 342 valence electrons. The molecular formula is C52H98BrO4P. The summed E-state index contributed by atoms with van der Waals surface area (Å²) in [6, 6.07) is 3.74. The summed E-state index contributed by atoms with van der Waals surface area (Å²) >= 11 is 3.45. The van der Waals surface area contributed by atoms with Crippen LogP contribution < -0.4 is 0 Å². The van der Waals surface area contributed by atoms with Crippen molar-refractivity contribution in [2.24, 2.45) is 0 Å². The molecule has 0 radical (unpaired) electrons. The molecule has 1 rings (SSSR count). The fourth-order valence-electron chi connectivity index (χ4n) is 8.37. The fraction of sp³-hybridized carbons (Fsp3) is 0.885. The molecule has 58 heavy (non-hydrogen) atoms. The number of phenolic OH excluding ortho intramolecular Hbond substituents is 1. The van der Waals surface area contributed by atoms with Crippen molar-refractivity contribution < 1.29 is 18.7 Å². The summed E-state index contributed by atoms with van der Waals surface area (Å²) in [6.45, 7) is 7.42. The van der Waals surface area contributed by atoms with Crippen molar-refractivity contribution in [3.05, 3.63) is 27.7 Å². The van der Waals surface area contributed by atoms with Crippen LogP contribution in [0.4, 0.5) is 0 Å². The van der Waals surface area contributed by atoms with Crippen LogP contribution in [0.2, 0.25) is 0 Å². The first-order chi connectivity index (χ1) is 28.4. The van der Waals surface area contributed by atoms with Gasteiger partial charge in [0, 0.05) is 0 Å². The van der Waals surface area contributed by atoms with Crippen molar-refractivity contribution >= 4 is 23.5 Å². The Morgan fingerprint density at radius 1 is 0.431 bits per heavy atom. The van der Waals surface area contributed by atoms with Gasteiger partial charge in [0.15, 0.2) is 0 Å². The van der Waals surface area contributed by atoms with Gasteiger partial charge in [0.2, 0.25) is 0 Å². The minimum Gasteiger partial charge on any atom is -0.506 e. The Morgan fingerprint density at radius 3 is 0.914 bits per heavy atom. The minimum absolute atomic E-state index is 0.231. The van der Waals surface area contributed by atoms with Gasteiger partial charge in [0.05, 0.1) is 23.8 Å². The highest BCUT2D eigenvalue weighted by molar-refractivity contribution is 9.10. The average molecular weight is 898 g/mol. The van der Waals surface area contributed by atoms with Gasteiger partial charge in [-0.25, -0.2) is 0 Å². The van der Waals surface area contributed by atoms with Crippen LogP contribution in [0.5, 0.6) is 5.75 Å². The van der Waals surface area contributed by atoms with Crippen LogP contribution in [-0.2, 0) is 19.8 Å². The van der Waals surface area contributed by atoms with E-state index in [1.807, 2.05) is 19.1 Å². The normalized spacial score (nSPS) is 11.9. The second-order valence-electron chi connectivity index (χ2n) is 18.1. The highest BCUT2D eigenvalue weighted by Gasteiger charge is 2.26. The second kappa shape index (κ2) is 42.0. The number of rotatable bonds is 46.